The largest absolute Gasteiger partial charge is 0.381 e. The van der Waals surface area contributed by atoms with Crippen molar-refractivity contribution < 1.29 is 9.53 Å². The SMILES string of the molecule is NCC1(C(=O)NC2CC2)CCOCC1. The van der Waals surface area contributed by atoms with E-state index < -0.39 is 0 Å². The lowest BCUT2D eigenvalue weighted by Crippen LogP contribution is -2.49. The molecule has 80 valence electrons. The molecule has 4 nitrogen and oxygen atoms in total. The normalized spacial score (nSPS) is 25.8. The molecule has 2 aliphatic rings. The summed E-state index contributed by atoms with van der Waals surface area (Å²) in [5.74, 6) is 0.144. The van der Waals surface area contributed by atoms with Crippen molar-refractivity contribution in [2.45, 2.75) is 31.7 Å². The van der Waals surface area contributed by atoms with Gasteiger partial charge in [0.15, 0.2) is 0 Å². The molecular formula is C10H18N2O2. The maximum atomic E-state index is 12.0. The number of nitrogens with one attached hydrogen (secondary N) is 1. The number of carbonyl (C=O) groups is 1. The molecule has 0 bridgehead atoms. The average Bonchev–Trinajstić information content (AvgIpc) is 3.02. The fourth-order valence-corrected chi connectivity index (χ4v) is 1.85. The second kappa shape index (κ2) is 3.87. The minimum Gasteiger partial charge on any atom is -0.381 e. The van der Waals surface area contributed by atoms with Gasteiger partial charge in [0, 0.05) is 25.8 Å². The predicted octanol–water partition coefficient (Wildman–Crippen LogP) is 0.0205. The third-order valence-electron chi connectivity index (χ3n) is 3.23. The molecule has 0 spiro atoms. The van der Waals surface area contributed by atoms with Crippen LogP contribution in [0.5, 0.6) is 0 Å². The summed E-state index contributed by atoms with van der Waals surface area (Å²) in [5.41, 5.74) is 5.37. The molecule has 0 aromatic carbocycles. The van der Waals surface area contributed by atoms with Crippen LogP contribution in [0.1, 0.15) is 25.7 Å². The summed E-state index contributed by atoms with van der Waals surface area (Å²) in [4.78, 5) is 12.0. The van der Waals surface area contributed by atoms with Gasteiger partial charge in [0.25, 0.3) is 0 Å². The molecule has 1 amide bonds. The maximum absolute atomic E-state index is 12.0. The Morgan fingerprint density at radius 1 is 1.43 bits per heavy atom. The van der Waals surface area contributed by atoms with Gasteiger partial charge in [-0.15, -0.1) is 0 Å². The van der Waals surface area contributed by atoms with Crippen LogP contribution in [0.2, 0.25) is 0 Å². The highest BCUT2D eigenvalue weighted by Crippen LogP contribution is 2.31. The fourth-order valence-electron chi connectivity index (χ4n) is 1.85. The van der Waals surface area contributed by atoms with E-state index in [-0.39, 0.29) is 11.3 Å². The van der Waals surface area contributed by atoms with Gasteiger partial charge in [-0.25, -0.2) is 0 Å². The Balaban J connectivity index is 1.97. The molecule has 4 heteroatoms. The van der Waals surface area contributed by atoms with Crippen LogP contribution in [0.25, 0.3) is 0 Å². The molecule has 1 aliphatic carbocycles. The zero-order chi connectivity index (χ0) is 10.0. The van der Waals surface area contributed by atoms with Crippen LogP contribution in [-0.2, 0) is 9.53 Å². The van der Waals surface area contributed by atoms with Crippen molar-refractivity contribution in [3.63, 3.8) is 0 Å². The Hall–Kier alpha value is -0.610. The summed E-state index contributed by atoms with van der Waals surface area (Å²) in [6.45, 7) is 1.76. The molecule has 0 radical (unpaired) electrons. The van der Waals surface area contributed by atoms with Crippen molar-refractivity contribution in [1.29, 1.82) is 0 Å². The molecule has 1 saturated heterocycles. The van der Waals surface area contributed by atoms with Crippen molar-refractivity contribution in [3.05, 3.63) is 0 Å². The summed E-state index contributed by atoms with van der Waals surface area (Å²) in [7, 11) is 0. The molecule has 1 saturated carbocycles. The highest BCUT2D eigenvalue weighted by molar-refractivity contribution is 5.83. The van der Waals surface area contributed by atoms with Crippen LogP contribution in [0, 0.1) is 5.41 Å². The molecule has 0 unspecified atom stereocenters. The van der Waals surface area contributed by atoms with E-state index in [2.05, 4.69) is 5.32 Å². The van der Waals surface area contributed by atoms with Crippen molar-refractivity contribution in [1.82, 2.24) is 5.32 Å². The number of nitrogens with two attached hydrogens (primary N) is 1. The third-order valence-corrected chi connectivity index (χ3v) is 3.23. The van der Waals surface area contributed by atoms with E-state index in [1.807, 2.05) is 0 Å². The van der Waals surface area contributed by atoms with Gasteiger partial charge in [-0.2, -0.15) is 0 Å². The highest BCUT2D eigenvalue weighted by Gasteiger charge is 2.40. The molecular weight excluding hydrogens is 180 g/mol. The lowest BCUT2D eigenvalue weighted by atomic mass is 9.79. The topological polar surface area (TPSA) is 64.4 Å². The molecule has 3 N–H and O–H groups in total. The molecule has 1 aliphatic heterocycles. The van der Waals surface area contributed by atoms with E-state index in [0.717, 1.165) is 25.7 Å². The lowest BCUT2D eigenvalue weighted by Gasteiger charge is -2.34. The summed E-state index contributed by atoms with van der Waals surface area (Å²) < 4.78 is 5.26. The molecule has 1 heterocycles. The van der Waals surface area contributed by atoms with Crippen LogP contribution >= 0.6 is 0 Å². The van der Waals surface area contributed by atoms with Gasteiger partial charge < -0.3 is 15.8 Å². The number of amides is 1. The van der Waals surface area contributed by atoms with Gasteiger partial charge in [-0.1, -0.05) is 0 Å². The van der Waals surface area contributed by atoms with Crippen LogP contribution in [0.15, 0.2) is 0 Å². The monoisotopic (exact) mass is 198 g/mol. The van der Waals surface area contributed by atoms with E-state index in [1.54, 1.807) is 0 Å². The lowest BCUT2D eigenvalue weighted by molar-refractivity contribution is -0.136. The second-order valence-corrected chi connectivity index (χ2v) is 4.34. The zero-order valence-corrected chi connectivity index (χ0v) is 8.42. The number of hydrogen-bond acceptors (Lipinski definition) is 3. The average molecular weight is 198 g/mol. The first-order valence-corrected chi connectivity index (χ1v) is 5.36. The first-order valence-electron chi connectivity index (χ1n) is 5.36. The van der Waals surface area contributed by atoms with Gasteiger partial charge >= 0.3 is 0 Å². The van der Waals surface area contributed by atoms with Crippen LogP contribution in [0.4, 0.5) is 0 Å². The van der Waals surface area contributed by atoms with Crippen LogP contribution < -0.4 is 11.1 Å². The zero-order valence-electron chi connectivity index (χ0n) is 8.42. The maximum Gasteiger partial charge on any atom is 0.227 e. The van der Waals surface area contributed by atoms with Crippen molar-refractivity contribution in [3.8, 4) is 0 Å². The van der Waals surface area contributed by atoms with E-state index in [9.17, 15) is 4.79 Å². The number of ether oxygens (including phenoxy) is 1. The Labute approximate surface area is 84.2 Å². The van der Waals surface area contributed by atoms with E-state index in [1.165, 1.54) is 0 Å². The van der Waals surface area contributed by atoms with Crippen LogP contribution in [0.3, 0.4) is 0 Å². The number of carbonyl (C=O) groups excluding carboxylic acids is 1. The van der Waals surface area contributed by atoms with Crippen molar-refractivity contribution in [2.75, 3.05) is 19.8 Å². The first-order chi connectivity index (χ1) is 6.77. The first kappa shape index (κ1) is 9.93. The Morgan fingerprint density at radius 2 is 2.07 bits per heavy atom. The number of hydrogen-bond donors (Lipinski definition) is 2. The molecule has 2 fully saturated rings. The van der Waals surface area contributed by atoms with Gasteiger partial charge in [0.2, 0.25) is 5.91 Å². The van der Waals surface area contributed by atoms with E-state index >= 15 is 0 Å². The van der Waals surface area contributed by atoms with E-state index in [0.29, 0.717) is 25.8 Å². The quantitative estimate of drug-likeness (QED) is 0.672. The van der Waals surface area contributed by atoms with Gasteiger partial charge in [0.05, 0.1) is 5.41 Å². The minimum atomic E-state index is -0.346. The summed E-state index contributed by atoms with van der Waals surface area (Å²) >= 11 is 0. The molecule has 0 aromatic heterocycles. The predicted molar refractivity (Wildman–Crippen MR) is 52.7 cm³/mol. The molecule has 0 aromatic rings. The standard InChI is InChI=1S/C10H18N2O2/c11-7-10(3-5-14-6-4-10)9(13)12-8-1-2-8/h8H,1-7,11H2,(H,12,13). The minimum absolute atomic E-state index is 0.144. The Bertz CT molecular complexity index is 220. The van der Waals surface area contributed by atoms with Gasteiger partial charge in [-0.05, 0) is 25.7 Å². The Morgan fingerprint density at radius 3 is 2.57 bits per heavy atom. The van der Waals surface area contributed by atoms with Crippen LogP contribution in [-0.4, -0.2) is 31.7 Å². The summed E-state index contributed by atoms with van der Waals surface area (Å²) in [5, 5.41) is 3.04. The second-order valence-electron chi connectivity index (χ2n) is 4.34. The third kappa shape index (κ3) is 1.91. The van der Waals surface area contributed by atoms with Crippen molar-refractivity contribution >= 4 is 5.91 Å². The molecule has 0 atom stereocenters. The smallest absolute Gasteiger partial charge is 0.227 e. The van der Waals surface area contributed by atoms with Gasteiger partial charge in [-0.3, -0.25) is 4.79 Å². The summed E-state index contributed by atoms with van der Waals surface area (Å²) in [6.07, 6.45) is 3.79. The van der Waals surface area contributed by atoms with E-state index in [4.69, 9.17) is 10.5 Å². The van der Waals surface area contributed by atoms with Gasteiger partial charge in [0.1, 0.15) is 0 Å². The number of rotatable bonds is 3. The fraction of sp³-hybridized carbons (Fsp3) is 0.900. The summed E-state index contributed by atoms with van der Waals surface area (Å²) in [6, 6.07) is 0.425. The molecule has 14 heavy (non-hydrogen) atoms. The van der Waals surface area contributed by atoms with Crippen molar-refractivity contribution in [2.24, 2.45) is 11.1 Å². The molecule has 2 rings (SSSR count). The Kier molecular flexibility index (Phi) is 2.74. The highest BCUT2D eigenvalue weighted by atomic mass is 16.5.